The van der Waals surface area contributed by atoms with Gasteiger partial charge in [-0.1, -0.05) is 19.1 Å². The van der Waals surface area contributed by atoms with E-state index in [9.17, 15) is 4.79 Å². The predicted molar refractivity (Wildman–Crippen MR) is 129 cm³/mol. The highest BCUT2D eigenvalue weighted by Gasteiger charge is 2.23. The number of hydrogen-bond acceptors (Lipinski definition) is 6. The normalized spacial score (nSPS) is 12.6. The molecule has 1 unspecified atom stereocenters. The molecule has 3 heterocycles. The molecule has 0 aliphatic carbocycles. The molecule has 1 aromatic carbocycles. The number of hydrogen-bond donors (Lipinski definition) is 2. The zero-order valence-corrected chi connectivity index (χ0v) is 19.3. The molecular weight excluding hydrogens is 428 g/mol. The van der Waals surface area contributed by atoms with Gasteiger partial charge in [-0.15, -0.1) is 0 Å². The Morgan fingerprint density at radius 3 is 2.29 bits per heavy atom. The van der Waals surface area contributed by atoms with E-state index in [-0.39, 0.29) is 11.8 Å². The Bertz CT molecular complexity index is 1300. The molecule has 0 saturated heterocycles. The van der Waals surface area contributed by atoms with Crippen LogP contribution in [0.4, 0.5) is 5.82 Å². The van der Waals surface area contributed by atoms with Crippen molar-refractivity contribution in [3.63, 3.8) is 0 Å². The summed E-state index contributed by atoms with van der Waals surface area (Å²) >= 11 is 0. The number of pyridine rings is 1. The summed E-state index contributed by atoms with van der Waals surface area (Å²) in [6, 6.07) is 12.7. The van der Waals surface area contributed by atoms with E-state index in [2.05, 4.69) is 38.8 Å². The van der Waals surface area contributed by atoms with Crippen LogP contribution in [-0.2, 0) is 18.9 Å². The first-order valence-corrected chi connectivity index (χ1v) is 10.9. The molecule has 4 rings (SSSR count). The van der Waals surface area contributed by atoms with Crippen molar-refractivity contribution in [1.82, 2.24) is 29.9 Å². The fourth-order valence-corrected chi connectivity index (χ4v) is 3.66. The first-order valence-electron chi connectivity index (χ1n) is 10.9. The summed E-state index contributed by atoms with van der Waals surface area (Å²) < 4.78 is 3.40. The number of nitriles is 1. The largest absolute Gasteiger partial charge is 0.309 e. The molecule has 2 N–H and O–H groups in total. The van der Waals surface area contributed by atoms with Gasteiger partial charge in [-0.2, -0.15) is 15.5 Å². The average molecular weight is 455 g/mol. The van der Waals surface area contributed by atoms with Crippen LogP contribution in [0.3, 0.4) is 0 Å². The van der Waals surface area contributed by atoms with Gasteiger partial charge in [-0.05, 0) is 35.7 Å². The van der Waals surface area contributed by atoms with Crippen molar-refractivity contribution in [1.29, 1.82) is 5.26 Å². The summed E-state index contributed by atoms with van der Waals surface area (Å²) in [6.07, 6.45) is 8.90. The molecule has 0 radical (unpaired) electrons. The molecule has 0 aliphatic rings. The third-order valence-electron chi connectivity index (χ3n) is 5.61. The lowest BCUT2D eigenvalue weighted by molar-refractivity contribution is -0.118. The van der Waals surface area contributed by atoms with Crippen molar-refractivity contribution >= 4 is 11.7 Å². The molecule has 9 nitrogen and oxygen atoms in total. The molecule has 3 aromatic heterocycles. The summed E-state index contributed by atoms with van der Waals surface area (Å²) in [4.78, 5) is 17.6. The number of anilines is 1. The van der Waals surface area contributed by atoms with Crippen molar-refractivity contribution in [2.24, 2.45) is 14.1 Å². The van der Waals surface area contributed by atoms with Crippen LogP contribution >= 0.6 is 0 Å². The third kappa shape index (κ3) is 5.36. The Hall–Kier alpha value is -4.29. The van der Waals surface area contributed by atoms with Gasteiger partial charge < -0.3 is 10.6 Å². The highest BCUT2D eigenvalue weighted by molar-refractivity contribution is 5.94. The van der Waals surface area contributed by atoms with E-state index >= 15 is 0 Å². The Labute approximate surface area is 198 Å². The van der Waals surface area contributed by atoms with Gasteiger partial charge in [0.2, 0.25) is 5.91 Å². The van der Waals surface area contributed by atoms with E-state index in [0.717, 1.165) is 22.3 Å². The molecule has 34 heavy (non-hydrogen) atoms. The number of aryl methyl sites for hydroxylation is 2. The quantitative estimate of drug-likeness (QED) is 0.423. The van der Waals surface area contributed by atoms with Crippen molar-refractivity contribution in [3.05, 3.63) is 84.1 Å². The second kappa shape index (κ2) is 10.1. The zero-order chi connectivity index (χ0) is 24.1. The second-order valence-corrected chi connectivity index (χ2v) is 8.25. The minimum Gasteiger partial charge on any atom is -0.309 e. The zero-order valence-electron chi connectivity index (χ0n) is 19.3. The number of benzene rings is 1. The topological polar surface area (TPSA) is 113 Å². The standard InChI is InChI=1S/C25H26N8O/c1-17(19-6-4-18(10-26)5-7-19)11-28-24(22-14-30-33(3)16-22)25(34)31-23-9-8-20(12-27-23)21-13-29-32(2)15-21/h4-9,12-17,24,28H,11H2,1-3H3,(H,27,31,34)/t17?,24-/m0/s1. The number of amides is 1. The summed E-state index contributed by atoms with van der Waals surface area (Å²) in [6.45, 7) is 2.64. The smallest absolute Gasteiger partial charge is 0.247 e. The van der Waals surface area contributed by atoms with Gasteiger partial charge in [0, 0.05) is 55.9 Å². The van der Waals surface area contributed by atoms with E-state index < -0.39 is 6.04 Å². The van der Waals surface area contributed by atoms with Gasteiger partial charge in [-0.25, -0.2) is 4.98 Å². The maximum atomic E-state index is 13.2. The molecule has 2 atom stereocenters. The molecule has 172 valence electrons. The Kier molecular flexibility index (Phi) is 6.80. The number of nitrogens with zero attached hydrogens (tertiary/aromatic N) is 6. The lowest BCUT2D eigenvalue weighted by Gasteiger charge is -2.20. The lowest BCUT2D eigenvalue weighted by Crippen LogP contribution is -2.35. The van der Waals surface area contributed by atoms with Gasteiger partial charge >= 0.3 is 0 Å². The number of carbonyl (C=O) groups excluding carboxylic acids is 1. The number of aromatic nitrogens is 5. The molecule has 0 bridgehead atoms. The number of nitrogens with one attached hydrogen (secondary N) is 2. The van der Waals surface area contributed by atoms with Crippen molar-refractivity contribution in [3.8, 4) is 17.2 Å². The highest BCUT2D eigenvalue weighted by atomic mass is 16.2. The van der Waals surface area contributed by atoms with Crippen molar-refractivity contribution in [2.45, 2.75) is 18.9 Å². The third-order valence-corrected chi connectivity index (χ3v) is 5.61. The van der Waals surface area contributed by atoms with Crippen LogP contribution in [0.2, 0.25) is 0 Å². The van der Waals surface area contributed by atoms with Gasteiger partial charge in [0.15, 0.2) is 0 Å². The van der Waals surface area contributed by atoms with Crippen LogP contribution in [0.25, 0.3) is 11.1 Å². The average Bonchev–Trinajstić information content (AvgIpc) is 3.48. The maximum Gasteiger partial charge on any atom is 0.247 e. The molecule has 9 heteroatoms. The second-order valence-electron chi connectivity index (χ2n) is 8.25. The summed E-state index contributed by atoms with van der Waals surface area (Å²) in [5.41, 5.74) is 4.35. The molecule has 4 aromatic rings. The molecule has 0 aliphatic heterocycles. The summed E-state index contributed by atoms with van der Waals surface area (Å²) in [5.74, 6) is 0.381. The van der Waals surface area contributed by atoms with E-state index in [1.54, 1.807) is 46.2 Å². The number of carbonyl (C=O) groups is 1. The fraction of sp³-hybridized carbons (Fsp3) is 0.240. The van der Waals surface area contributed by atoms with Gasteiger partial charge in [0.25, 0.3) is 0 Å². The van der Waals surface area contributed by atoms with Crippen LogP contribution in [0.1, 0.15) is 35.6 Å². The molecule has 1 amide bonds. The highest BCUT2D eigenvalue weighted by Crippen LogP contribution is 2.21. The van der Waals surface area contributed by atoms with E-state index in [0.29, 0.717) is 17.9 Å². The van der Waals surface area contributed by atoms with E-state index in [1.807, 2.05) is 44.7 Å². The molecule has 0 fully saturated rings. The lowest BCUT2D eigenvalue weighted by atomic mass is 9.99. The Morgan fingerprint density at radius 1 is 0.971 bits per heavy atom. The number of rotatable bonds is 8. The van der Waals surface area contributed by atoms with Gasteiger partial charge in [0.1, 0.15) is 11.9 Å². The summed E-state index contributed by atoms with van der Waals surface area (Å²) in [7, 11) is 3.68. The summed E-state index contributed by atoms with van der Waals surface area (Å²) in [5, 5.41) is 23.7. The van der Waals surface area contributed by atoms with Crippen LogP contribution < -0.4 is 10.6 Å². The minimum absolute atomic E-state index is 0.136. The van der Waals surface area contributed by atoms with E-state index in [4.69, 9.17) is 5.26 Å². The van der Waals surface area contributed by atoms with Gasteiger partial charge in [-0.3, -0.25) is 14.2 Å². The van der Waals surface area contributed by atoms with Crippen LogP contribution in [0, 0.1) is 11.3 Å². The predicted octanol–water partition coefficient (Wildman–Crippen LogP) is 3.16. The fourth-order valence-electron chi connectivity index (χ4n) is 3.66. The van der Waals surface area contributed by atoms with Crippen LogP contribution in [0.5, 0.6) is 0 Å². The Balaban J connectivity index is 1.45. The molecule has 0 saturated carbocycles. The molecular formula is C25H26N8O. The molecule has 0 spiro atoms. The maximum absolute atomic E-state index is 13.2. The van der Waals surface area contributed by atoms with E-state index in [1.165, 1.54) is 0 Å². The Morgan fingerprint density at radius 2 is 1.71 bits per heavy atom. The van der Waals surface area contributed by atoms with Gasteiger partial charge in [0.05, 0.1) is 24.0 Å². The first kappa shape index (κ1) is 22.9. The van der Waals surface area contributed by atoms with Crippen LogP contribution in [-0.4, -0.2) is 37.0 Å². The SMILES string of the molecule is CC(CN[C@H](C(=O)Nc1ccc(-c2cnn(C)c2)cn1)c1cnn(C)c1)c1ccc(C#N)cc1. The first-order chi connectivity index (χ1) is 16.4. The monoisotopic (exact) mass is 454 g/mol. The van der Waals surface area contributed by atoms with Crippen LogP contribution in [0.15, 0.2) is 67.4 Å². The van der Waals surface area contributed by atoms with Crippen molar-refractivity contribution in [2.75, 3.05) is 11.9 Å². The minimum atomic E-state index is -0.602. The van der Waals surface area contributed by atoms with Crippen molar-refractivity contribution < 1.29 is 4.79 Å².